The lowest BCUT2D eigenvalue weighted by Gasteiger charge is -2.37. The number of ether oxygens (including phenoxy) is 1. The van der Waals surface area contributed by atoms with Crippen molar-refractivity contribution >= 4 is 17.7 Å². The van der Waals surface area contributed by atoms with E-state index in [1.807, 2.05) is 18.7 Å². The highest BCUT2D eigenvalue weighted by Gasteiger charge is 2.28. The number of carbonyl (C=O) groups is 1. The molecule has 0 radical (unpaired) electrons. The van der Waals surface area contributed by atoms with Crippen LogP contribution in [0.1, 0.15) is 34.6 Å². The van der Waals surface area contributed by atoms with Gasteiger partial charge in [-0.25, -0.2) is 0 Å². The van der Waals surface area contributed by atoms with E-state index in [4.69, 9.17) is 4.74 Å². The van der Waals surface area contributed by atoms with Gasteiger partial charge in [0.05, 0.1) is 24.5 Å². The van der Waals surface area contributed by atoms with Crippen LogP contribution in [0.4, 0.5) is 0 Å². The Kier molecular flexibility index (Phi) is 4.68. The Bertz CT molecular complexity index is 250. The molecule has 1 aliphatic heterocycles. The summed E-state index contributed by atoms with van der Waals surface area (Å²) in [4.78, 5) is 14.0. The van der Waals surface area contributed by atoms with Crippen LogP contribution in [0.2, 0.25) is 0 Å². The first-order valence-electron chi connectivity index (χ1n) is 5.84. The van der Waals surface area contributed by atoms with Crippen molar-refractivity contribution in [1.82, 2.24) is 4.90 Å². The van der Waals surface area contributed by atoms with Crippen LogP contribution in [-0.4, -0.2) is 46.6 Å². The second-order valence-electron chi connectivity index (χ2n) is 5.44. The fourth-order valence-electron chi connectivity index (χ4n) is 1.61. The van der Waals surface area contributed by atoms with E-state index in [9.17, 15) is 4.79 Å². The molecule has 0 spiro atoms. The first kappa shape index (κ1) is 13.8. The highest BCUT2D eigenvalue weighted by molar-refractivity contribution is 8.01. The Balaban J connectivity index is 2.46. The van der Waals surface area contributed by atoms with Gasteiger partial charge in [0.1, 0.15) is 0 Å². The molecule has 2 unspecified atom stereocenters. The number of nitrogens with zero attached hydrogens (tertiary/aromatic N) is 1. The molecule has 1 fully saturated rings. The molecule has 0 N–H and O–H groups in total. The smallest absolute Gasteiger partial charge is 0.232 e. The largest absolute Gasteiger partial charge is 0.375 e. The second-order valence-corrected chi connectivity index (χ2v) is 7.24. The lowest BCUT2D eigenvalue weighted by molar-refractivity contribution is -0.140. The van der Waals surface area contributed by atoms with Crippen molar-refractivity contribution in [2.45, 2.75) is 51.5 Å². The van der Waals surface area contributed by atoms with Crippen molar-refractivity contribution in [1.29, 1.82) is 0 Å². The summed E-state index contributed by atoms with van der Waals surface area (Å²) in [6.45, 7) is 11.9. The summed E-state index contributed by atoms with van der Waals surface area (Å²) in [5.41, 5.74) is 0. The van der Waals surface area contributed by atoms with Crippen LogP contribution in [0.5, 0.6) is 0 Å². The van der Waals surface area contributed by atoms with E-state index in [2.05, 4.69) is 20.8 Å². The Morgan fingerprint density at radius 2 is 2.06 bits per heavy atom. The minimum atomic E-state index is 0.150. The van der Waals surface area contributed by atoms with Crippen LogP contribution < -0.4 is 0 Å². The molecular formula is C12H23NO2S. The van der Waals surface area contributed by atoms with Crippen molar-refractivity contribution < 1.29 is 9.53 Å². The van der Waals surface area contributed by atoms with Crippen molar-refractivity contribution in [3.63, 3.8) is 0 Å². The van der Waals surface area contributed by atoms with Gasteiger partial charge in [-0.05, 0) is 13.8 Å². The molecule has 0 aromatic heterocycles. The SMILES string of the molecule is CC1CN(C(=O)CSC(C)(C)C)C(C)CO1. The molecular weight excluding hydrogens is 222 g/mol. The first-order chi connectivity index (χ1) is 7.29. The van der Waals surface area contributed by atoms with Crippen LogP contribution in [-0.2, 0) is 9.53 Å². The van der Waals surface area contributed by atoms with Gasteiger partial charge in [-0.1, -0.05) is 20.8 Å². The predicted octanol–water partition coefficient (Wildman–Crippen LogP) is 2.15. The topological polar surface area (TPSA) is 29.5 Å². The average Bonchev–Trinajstić information content (AvgIpc) is 2.17. The molecule has 1 heterocycles. The van der Waals surface area contributed by atoms with Crippen molar-refractivity contribution in [2.24, 2.45) is 0 Å². The Hall–Kier alpha value is -0.220. The minimum absolute atomic E-state index is 0.150. The molecule has 1 rings (SSSR count). The Labute approximate surface area is 103 Å². The van der Waals surface area contributed by atoms with Gasteiger partial charge in [-0.15, -0.1) is 11.8 Å². The first-order valence-corrected chi connectivity index (χ1v) is 6.83. The fourth-order valence-corrected chi connectivity index (χ4v) is 2.33. The maximum atomic E-state index is 12.1. The van der Waals surface area contributed by atoms with Gasteiger partial charge in [0.15, 0.2) is 0 Å². The maximum absolute atomic E-state index is 12.1. The summed E-state index contributed by atoms with van der Waals surface area (Å²) < 4.78 is 5.66. The van der Waals surface area contributed by atoms with Crippen LogP contribution in [0.3, 0.4) is 0 Å². The van der Waals surface area contributed by atoms with E-state index < -0.39 is 0 Å². The number of thioether (sulfide) groups is 1. The zero-order chi connectivity index (χ0) is 12.3. The second kappa shape index (κ2) is 5.41. The molecule has 1 saturated heterocycles. The molecule has 16 heavy (non-hydrogen) atoms. The molecule has 0 aromatic carbocycles. The average molecular weight is 245 g/mol. The summed E-state index contributed by atoms with van der Waals surface area (Å²) in [6.07, 6.45) is 0.166. The number of hydrogen-bond donors (Lipinski definition) is 0. The number of hydrogen-bond acceptors (Lipinski definition) is 3. The monoisotopic (exact) mass is 245 g/mol. The third-order valence-corrected chi connectivity index (χ3v) is 3.81. The third-order valence-electron chi connectivity index (χ3n) is 2.56. The zero-order valence-electron chi connectivity index (χ0n) is 10.9. The molecule has 0 saturated carbocycles. The van der Waals surface area contributed by atoms with Gasteiger partial charge in [0.2, 0.25) is 5.91 Å². The van der Waals surface area contributed by atoms with E-state index in [0.29, 0.717) is 12.4 Å². The molecule has 94 valence electrons. The van der Waals surface area contributed by atoms with Gasteiger partial charge in [0.25, 0.3) is 0 Å². The van der Waals surface area contributed by atoms with Crippen LogP contribution in [0.25, 0.3) is 0 Å². The molecule has 1 aliphatic rings. The van der Waals surface area contributed by atoms with E-state index in [0.717, 1.165) is 6.54 Å². The molecule has 4 heteroatoms. The third kappa shape index (κ3) is 4.34. The predicted molar refractivity (Wildman–Crippen MR) is 68.8 cm³/mol. The minimum Gasteiger partial charge on any atom is -0.375 e. The van der Waals surface area contributed by atoms with Gasteiger partial charge >= 0.3 is 0 Å². The molecule has 2 atom stereocenters. The van der Waals surface area contributed by atoms with Crippen molar-refractivity contribution in [3.05, 3.63) is 0 Å². The van der Waals surface area contributed by atoms with E-state index >= 15 is 0 Å². The Morgan fingerprint density at radius 1 is 1.44 bits per heavy atom. The standard InChI is InChI=1S/C12H23NO2S/c1-9-7-15-10(2)6-13(9)11(14)8-16-12(3,4)5/h9-10H,6-8H2,1-5H3. The zero-order valence-corrected chi connectivity index (χ0v) is 11.8. The normalized spacial score (nSPS) is 26.9. The summed E-state index contributed by atoms with van der Waals surface area (Å²) >= 11 is 1.71. The lowest BCUT2D eigenvalue weighted by atomic mass is 10.2. The number of rotatable bonds is 2. The van der Waals surface area contributed by atoms with Crippen molar-refractivity contribution in [3.8, 4) is 0 Å². The van der Waals surface area contributed by atoms with Crippen LogP contribution >= 0.6 is 11.8 Å². The summed E-state index contributed by atoms with van der Waals surface area (Å²) in [7, 11) is 0. The van der Waals surface area contributed by atoms with Gasteiger partial charge < -0.3 is 9.64 Å². The van der Waals surface area contributed by atoms with Gasteiger partial charge in [0, 0.05) is 11.3 Å². The maximum Gasteiger partial charge on any atom is 0.232 e. The molecule has 0 aromatic rings. The fraction of sp³-hybridized carbons (Fsp3) is 0.917. The molecule has 0 aliphatic carbocycles. The molecule has 0 bridgehead atoms. The number of amides is 1. The van der Waals surface area contributed by atoms with Crippen molar-refractivity contribution in [2.75, 3.05) is 18.9 Å². The highest BCUT2D eigenvalue weighted by atomic mass is 32.2. The van der Waals surface area contributed by atoms with Gasteiger partial charge in [-0.2, -0.15) is 0 Å². The molecule has 3 nitrogen and oxygen atoms in total. The number of morpholine rings is 1. The highest BCUT2D eigenvalue weighted by Crippen LogP contribution is 2.24. The molecule has 1 amide bonds. The van der Waals surface area contributed by atoms with Crippen LogP contribution in [0.15, 0.2) is 0 Å². The number of carbonyl (C=O) groups excluding carboxylic acids is 1. The van der Waals surface area contributed by atoms with E-state index in [1.165, 1.54) is 0 Å². The van der Waals surface area contributed by atoms with E-state index in [1.54, 1.807) is 11.8 Å². The van der Waals surface area contributed by atoms with Gasteiger partial charge in [-0.3, -0.25) is 4.79 Å². The summed E-state index contributed by atoms with van der Waals surface area (Å²) in [5.74, 6) is 0.808. The van der Waals surface area contributed by atoms with E-state index in [-0.39, 0.29) is 22.8 Å². The summed E-state index contributed by atoms with van der Waals surface area (Å²) in [5, 5.41) is 0. The van der Waals surface area contributed by atoms with Crippen LogP contribution in [0, 0.1) is 0 Å². The Morgan fingerprint density at radius 3 is 2.62 bits per heavy atom. The summed E-state index contributed by atoms with van der Waals surface area (Å²) in [6, 6.07) is 0.212. The lowest BCUT2D eigenvalue weighted by Crippen LogP contribution is -2.51. The quantitative estimate of drug-likeness (QED) is 0.746.